The molecule has 4 rings (SSSR count). The van der Waals surface area contributed by atoms with E-state index in [1.54, 1.807) is 12.2 Å². The van der Waals surface area contributed by atoms with Crippen molar-refractivity contribution < 1.29 is 27.1 Å². The highest BCUT2D eigenvalue weighted by molar-refractivity contribution is 5.93. The normalized spacial score (nSPS) is 13.7. The highest BCUT2D eigenvalue weighted by Gasteiger charge is 2.29. The number of alkyl halides is 3. The molecule has 2 heterocycles. The zero-order chi connectivity index (χ0) is 18.3. The summed E-state index contributed by atoms with van der Waals surface area (Å²) in [5, 5.41) is 1.77. The molecule has 0 aliphatic carbocycles. The molecule has 0 saturated carbocycles. The minimum atomic E-state index is -4.34. The molecule has 26 heavy (non-hydrogen) atoms. The molecule has 1 aromatic heterocycles. The molecule has 0 amide bonds. The average Bonchev–Trinajstić information content (AvgIpc) is 3.04. The summed E-state index contributed by atoms with van der Waals surface area (Å²) in [5.74, 6) is 2.63. The molecule has 0 radical (unpaired) electrons. The van der Waals surface area contributed by atoms with Crippen molar-refractivity contribution >= 4 is 22.9 Å². The second kappa shape index (κ2) is 6.05. The Morgan fingerprint density at radius 2 is 1.65 bits per heavy atom. The molecule has 1 aliphatic heterocycles. The summed E-state index contributed by atoms with van der Waals surface area (Å²) in [6.07, 6.45) is -0.893. The predicted molar refractivity (Wildman–Crippen MR) is 91.9 cm³/mol. The van der Waals surface area contributed by atoms with Crippen molar-refractivity contribution in [3.8, 4) is 11.5 Å². The standard InChI is InChI=1S/C20H14F3O3/c1-12-8-14-9-18-19(25-11-24-18)10-16(14)17(26-12)7-4-13-2-5-15(6-3-13)20(21,22)23/h2-10H,11H2,1H3/q+1/b7-4+. The van der Waals surface area contributed by atoms with E-state index in [1.807, 2.05) is 25.1 Å². The van der Waals surface area contributed by atoms with Crippen LogP contribution in [0.3, 0.4) is 0 Å². The van der Waals surface area contributed by atoms with Gasteiger partial charge in [-0.25, -0.2) is 4.42 Å². The van der Waals surface area contributed by atoms with Crippen LogP contribution in [-0.4, -0.2) is 6.79 Å². The van der Waals surface area contributed by atoms with E-state index in [4.69, 9.17) is 13.9 Å². The molecule has 2 aromatic carbocycles. The van der Waals surface area contributed by atoms with Gasteiger partial charge in [0.05, 0.1) is 17.9 Å². The van der Waals surface area contributed by atoms with Crippen LogP contribution < -0.4 is 9.47 Å². The number of fused-ring (bicyclic) bond motifs is 2. The second-order valence-corrected chi connectivity index (χ2v) is 5.97. The largest absolute Gasteiger partial charge is 0.454 e. The number of halogens is 3. The monoisotopic (exact) mass is 359 g/mol. The van der Waals surface area contributed by atoms with E-state index in [2.05, 4.69) is 0 Å². The number of benzene rings is 2. The van der Waals surface area contributed by atoms with Gasteiger partial charge in [-0.3, -0.25) is 0 Å². The molecule has 3 aromatic rings. The Morgan fingerprint density at radius 3 is 2.35 bits per heavy atom. The Labute approximate surface area is 147 Å². The highest BCUT2D eigenvalue weighted by atomic mass is 19.4. The zero-order valence-electron chi connectivity index (χ0n) is 13.8. The van der Waals surface area contributed by atoms with Crippen LogP contribution in [0.25, 0.3) is 22.9 Å². The fourth-order valence-corrected chi connectivity index (χ4v) is 2.85. The van der Waals surface area contributed by atoms with Crippen molar-refractivity contribution in [3.63, 3.8) is 0 Å². The Hall–Kier alpha value is -3.02. The summed E-state index contributed by atoms with van der Waals surface area (Å²) >= 11 is 0. The van der Waals surface area contributed by atoms with E-state index >= 15 is 0 Å². The van der Waals surface area contributed by atoms with Crippen LogP contribution in [0.2, 0.25) is 0 Å². The third-order valence-corrected chi connectivity index (χ3v) is 4.11. The minimum Gasteiger partial charge on any atom is -0.454 e. The maximum atomic E-state index is 12.6. The molecule has 0 N–H and O–H groups in total. The summed E-state index contributed by atoms with van der Waals surface area (Å²) in [6, 6.07) is 10.6. The summed E-state index contributed by atoms with van der Waals surface area (Å²) in [6.45, 7) is 2.01. The van der Waals surface area contributed by atoms with Crippen LogP contribution >= 0.6 is 0 Å². The van der Waals surface area contributed by atoms with E-state index in [1.165, 1.54) is 12.1 Å². The lowest BCUT2D eigenvalue weighted by Crippen LogP contribution is -2.03. The maximum absolute atomic E-state index is 12.6. The fraction of sp³-hybridized carbons (Fsp3) is 0.150. The highest BCUT2D eigenvalue weighted by Crippen LogP contribution is 2.38. The van der Waals surface area contributed by atoms with Crippen LogP contribution in [0.15, 0.2) is 46.9 Å². The molecule has 3 nitrogen and oxygen atoms in total. The Bertz CT molecular complexity index is 1010. The molecular formula is C20H14F3O3+. The lowest BCUT2D eigenvalue weighted by molar-refractivity contribution is -0.137. The first-order valence-electron chi connectivity index (χ1n) is 7.92. The van der Waals surface area contributed by atoms with Gasteiger partial charge in [-0.05, 0) is 29.8 Å². The van der Waals surface area contributed by atoms with Crippen LogP contribution in [0, 0.1) is 6.92 Å². The van der Waals surface area contributed by atoms with Gasteiger partial charge in [0.1, 0.15) is 0 Å². The zero-order valence-corrected chi connectivity index (χ0v) is 13.8. The number of hydrogen-bond acceptors (Lipinski definition) is 2. The molecule has 0 spiro atoms. The minimum absolute atomic E-state index is 0.179. The summed E-state index contributed by atoms with van der Waals surface area (Å²) in [4.78, 5) is 0. The SMILES string of the molecule is Cc1cc2cc3c(cc2c(/C=C/c2ccc(C(F)(F)F)cc2)[o+]1)OCO3. The average molecular weight is 359 g/mol. The van der Waals surface area contributed by atoms with Gasteiger partial charge in [-0.2, -0.15) is 13.2 Å². The molecule has 0 unspecified atom stereocenters. The molecule has 132 valence electrons. The number of rotatable bonds is 2. The molecule has 0 fully saturated rings. The van der Waals surface area contributed by atoms with Crippen molar-refractivity contribution in [2.75, 3.05) is 6.79 Å². The quantitative estimate of drug-likeness (QED) is 0.530. The van der Waals surface area contributed by atoms with Gasteiger partial charge in [0.2, 0.25) is 6.79 Å². The van der Waals surface area contributed by atoms with Crippen LogP contribution in [0.1, 0.15) is 22.6 Å². The van der Waals surface area contributed by atoms with Crippen LogP contribution in [-0.2, 0) is 6.18 Å². The van der Waals surface area contributed by atoms with Crippen molar-refractivity contribution in [1.29, 1.82) is 0 Å². The van der Waals surface area contributed by atoms with Gasteiger partial charge >= 0.3 is 17.7 Å². The van der Waals surface area contributed by atoms with Crippen LogP contribution in [0.4, 0.5) is 13.2 Å². The molecule has 6 heteroatoms. The van der Waals surface area contributed by atoms with E-state index in [0.29, 0.717) is 28.6 Å². The Balaban J connectivity index is 1.71. The van der Waals surface area contributed by atoms with Crippen molar-refractivity contribution in [1.82, 2.24) is 0 Å². The predicted octanol–water partition coefficient (Wildman–Crippen LogP) is 5.94. The number of aryl methyl sites for hydroxylation is 1. The molecule has 0 atom stereocenters. The fourth-order valence-electron chi connectivity index (χ4n) is 2.85. The third-order valence-electron chi connectivity index (χ3n) is 4.11. The van der Waals surface area contributed by atoms with E-state index < -0.39 is 11.7 Å². The third kappa shape index (κ3) is 3.10. The van der Waals surface area contributed by atoms with E-state index in [0.717, 1.165) is 22.9 Å². The van der Waals surface area contributed by atoms with Gasteiger partial charge in [0, 0.05) is 23.6 Å². The first kappa shape index (κ1) is 16.4. The van der Waals surface area contributed by atoms with Crippen molar-refractivity contribution in [2.24, 2.45) is 0 Å². The van der Waals surface area contributed by atoms with Crippen LogP contribution in [0.5, 0.6) is 11.5 Å². The molecular weight excluding hydrogens is 345 g/mol. The summed E-state index contributed by atoms with van der Waals surface area (Å²) in [7, 11) is 0. The van der Waals surface area contributed by atoms with Gasteiger partial charge in [-0.15, -0.1) is 0 Å². The first-order valence-corrected chi connectivity index (χ1v) is 7.92. The van der Waals surface area contributed by atoms with Crippen molar-refractivity contribution in [2.45, 2.75) is 13.1 Å². The second-order valence-electron chi connectivity index (χ2n) is 5.97. The molecule has 1 aliphatic rings. The lowest BCUT2D eigenvalue weighted by Gasteiger charge is -2.05. The van der Waals surface area contributed by atoms with Crippen molar-refractivity contribution in [3.05, 3.63) is 65.1 Å². The molecule has 0 bridgehead atoms. The molecule has 0 saturated heterocycles. The summed E-state index contributed by atoms with van der Waals surface area (Å²) < 4.78 is 54.5. The van der Waals surface area contributed by atoms with Gasteiger partial charge in [0.25, 0.3) is 0 Å². The Morgan fingerprint density at radius 1 is 0.962 bits per heavy atom. The van der Waals surface area contributed by atoms with Gasteiger partial charge in [0.15, 0.2) is 11.5 Å². The van der Waals surface area contributed by atoms with Gasteiger partial charge < -0.3 is 9.47 Å². The number of hydrogen-bond donors (Lipinski definition) is 0. The topological polar surface area (TPSA) is 29.8 Å². The van der Waals surface area contributed by atoms with E-state index in [-0.39, 0.29) is 6.79 Å². The smallest absolute Gasteiger partial charge is 0.416 e. The first-order chi connectivity index (χ1) is 12.4. The lowest BCUT2D eigenvalue weighted by atomic mass is 10.1. The van der Waals surface area contributed by atoms with Gasteiger partial charge in [-0.1, -0.05) is 12.1 Å². The maximum Gasteiger partial charge on any atom is 0.416 e. The number of ether oxygens (including phenoxy) is 2. The van der Waals surface area contributed by atoms with E-state index in [9.17, 15) is 13.2 Å². The summed E-state index contributed by atoms with van der Waals surface area (Å²) in [5.41, 5.74) is -0.0309. The Kier molecular flexibility index (Phi) is 3.83.